The van der Waals surface area contributed by atoms with Gasteiger partial charge in [-0.15, -0.1) is 0 Å². The van der Waals surface area contributed by atoms with E-state index >= 15 is 0 Å². The van der Waals surface area contributed by atoms with E-state index in [0.29, 0.717) is 5.92 Å². The van der Waals surface area contributed by atoms with E-state index in [1.54, 1.807) is 0 Å². The molecule has 2 aromatic rings. The summed E-state index contributed by atoms with van der Waals surface area (Å²) in [6, 6.07) is 8.44. The molecule has 0 saturated heterocycles. The molecule has 0 spiro atoms. The molecule has 0 fully saturated rings. The van der Waals surface area contributed by atoms with Crippen LogP contribution in [0.2, 0.25) is 0 Å². The number of rotatable bonds is 4. The van der Waals surface area contributed by atoms with Gasteiger partial charge in [-0.05, 0) is 30.5 Å². The summed E-state index contributed by atoms with van der Waals surface area (Å²) in [7, 11) is 1.92. The van der Waals surface area contributed by atoms with Crippen molar-refractivity contribution < 1.29 is 0 Å². The van der Waals surface area contributed by atoms with Crippen molar-refractivity contribution in [2.24, 2.45) is 7.05 Å². The summed E-state index contributed by atoms with van der Waals surface area (Å²) >= 11 is 3.45. The molecule has 1 aromatic carbocycles. The molecule has 3 N–H and O–H groups in total. The highest BCUT2D eigenvalue weighted by molar-refractivity contribution is 9.10. The minimum Gasteiger partial charge on any atom is -0.394 e. The zero-order valence-corrected chi connectivity index (χ0v) is 13.9. The Kier molecular flexibility index (Phi) is 4.38. The highest BCUT2D eigenvalue weighted by Crippen LogP contribution is 2.30. The average molecular weight is 337 g/mol. The van der Waals surface area contributed by atoms with Gasteiger partial charge < -0.3 is 11.1 Å². The Labute approximate surface area is 128 Å². The van der Waals surface area contributed by atoms with Gasteiger partial charge in [-0.3, -0.25) is 4.68 Å². The fourth-order valence-corrected chi connectivity index (χ4v) is 2.46. The van der Waals surface area contributed by atoms with Crippen LogP contribution in [0, 0.1) is 0 Å². The molecule has 1 atom stereocenters. The topological polar surface area (TPSA) is 55.9 Å². The first kappa shape index (κ1) is 14.9. The number of aryl methyl sites for hydroxylation is 1. The van der Waals surface area contributed by atoms with Gasteiger partial charge in [0.15, 0.2) is 0 Å². The molecule has 0 aliphatic carbocycles. The molecule has 1 aromatic heterocycles. The van der Waals surface area contributed by atoms with Crippen LogP contribution < -0.4 is 11.1 Å². The third-order valence-electron chi connectivity index (χ3n) is 3.38. The lowest BCUT2D eigenvalue weighted by atomic mass is 10.1. The molecule has 0 bridgehead atoms. The van der Waals surface area contributed by atoms with Gasteiger partial charge in [0.25, 0.3) is 0 Å². The second-order valence-electron chi connectivity index (χ2n) is 5.34. The molecule has 5 heteroatoms. The number of nitrogens with one attached hydrogen (secondary N) is 1. The Morgan fingerprint density at radius 2 is 1.80 bits per heavy atom. The molecule has 0 aliphatic heterocycles. The summed E-state index contributed by atoms with van der Waals surface area (Å²) in [6.45, 7) is 6.31. The van der Waals surface area contributed by atoms with Gasteiger partial charge in [-0.25, -0.2) is 0 Å². The first-order valence-electron chi connectivity index (χ1n) is 6.74. The molecule has 0 aliphatic rings. The number of anilines is 2. The number of aromatic nitrogens is 2. The van der Waals surface area contributed by atoms with Crippen molar-refractivity contribution in [3.63, 3.8) is 0 Å². The fourth-order valence-electron chi connectivity index (χ4n) is 2.20. The Morgan fingerprint density at radius 3 is 2.30 bits per heavy atom. The zero-order valence-electron chi connectivity index (χ0n) is 12.3. The smallest absolute Gasteiger partial charge is 0.148 e. The van der Waals surface area contributed by atoms with Crippen LogP contribution in [-0.2, 0) is 7.05 Å². The van der Waals surface area contributed by atoms with Gasteiger partial charge in [0, 0.05) is 11.5 Å². The van der Waals surface area contributed by atoms with Crippen molar-refractivity contribution >= 4 is 27.4 Å². The van der Waals surface area contributed by atoms with E-state index in [-0.39, 0.29) is 6.04 Å². The predicted octanol–water partition coefficient (Wildman–Crippen LogP) is 4.06. The maximum Gasteiger partial charge on any atom is 0.148 e. The van der Waals surface area contributed by atoms with E-state index < -0.39 is 0 Å². The van der Waals surface area contributed by atoms with Crippen LogP contribution in [0.15, 0.2) is 28.7 Å². The van der Waals surface area contributed by atoms with Crippen LogP contribution in [0.25, 0.3) is 0 Å². The number of hydrogen-bond donors (Lipinski definition) is 2. The fraction of sp³-hybridized carbons (Fsp3) is 0.400. The number of halogens is 1. The van der Waals surface area contributed by atoms with E-state index in [1.165, 1.54) is 5.56 Å². The van der Waals surface area contributed by atoms with Crippen molar-refractivity contribution in [2.75, 3.05) is 11.1 Å². The van der Waals surface area contributed by atoms with E-state index in [4.69, 9.17) is 5.73 Å². The first-order valence-corrected chi connectivity index (χ1v) is 7.53. The molecular weight excluding hydrogens is 316 g/mol. The normalized spacial score (nSPS) is 12.7. The quantitative estimate of drug-likeness (QED) is 0.884. The van der Waals surface area contributed by atoms with Crippen molar-refractivity contribution in [2.45, 2.75) is 32.7 Å². The highest BCUT2D eigenvalue weighted by atomic mass is 79.9. The van der Waals surface area contributed by atoms with Gasteiger partial charge >= 0.3 is 0 Å². The molecule has 2 rings (SSSR count). The largest absolute Gasteiger partial charge is 0.394 e. The number of nitrogens with two attached hydrogens (primary N) is 1. The van der Waals surface area contributed by atoms with Gasteiger partial charge in [0.1, 0.15) is 5.82 Å². The SMILES string of the molecule is CC(C)c1nn(C)c(NC(C)c2ccc(Br)cc2)c1N. The van der Waals surface area contributed by atoms with Crippen LogP contribution in [0.5, 0.6) is 0 Å². The van der Waals surface area contributed by atoms with Crippen LogP contribution in [0.1, 0.15) is 44.0 Å². The molecule has 0 saturated carbocycles. The second-order valence-corrected chi connectivity index (χ2v) is 6.26. The van der Waals surface area contributed by atoms with Crippen molar-refractivity contribution in [1.29, 1.82) is 0 Å². The molecule has 20 heavy (non-hydrogen) atoms. The average Bonchev–Trinajstić information content (AvgIpc) is 2.67. The molecular formula is C15H21BrN4. The molecule has 4 nitrogen and oxygen atoms in total. The lowest BCUT2D eigenvalue weighted by Crippen LogP contribution is -2.11. The Bertz CT molecular complexity index is 587. The highest BCUT2D eigenvalue weighted by Gasteiger charge is 2.17. The minimum atomic E-state index is 0.167. The molecule has 0 radical (unpaired) electrons. The molecule has 1 heterocycles. The lowest BCUT2D eigenvalue weighted by molar-refractivity contribution is 0.708. The first-order chi connectivity index (χ1) is 9.40. The second kappa shape index (κ2) is 5.87. The summed E-state index contributed by atoms with van der Waals surface area (Å²) in [5.74, 6) is 1.20. The summed E-state index contributed by atoms with van der Waals surface area (Å²) in [6.07, 6.45) is 0. The lowest BCUT2D eigenvalue weighted by Gasteiger charge is -2.16. The third kappa shape index (κ3) is 2.98. The van der Waals surface area contributed by atoms with E-state index in [9.17, 15) is 0 Å². The van der Waals surface area contributed by atoms with Crippen LogP contribution >= 0.6 is 15.9 Å². The van der Waals surface area contributed by atoms with Gasteiger partial charge in [-0.2, -0.15) is 5.10 Å². The maximum absolute atomic E-state index is 6.20. The minimum absolute atomic E-state index is 0.167. The Hall–Kier alpha value is -1.49. The van der Waals surface area contributed by atoms with E-state index in [0.717, 1.165) is 21.7 Å². The van der Waals surface area contributed by atoms with Crippen molar-refractivity contribution in [3.05, 3.63) is 40.0 Å². The van der Waals surface area contributed by atoms with Gasteiger partial charge in [0.05, 0.1) is 17.4 Å². The van der Waals surface area contributed by atoms with Crippen LogP contribution in [0.3, 0.4) is 0 Å². The Balaban J connectivity index is 2.23. The van der Waals surface area contributed by atoms with E-state index in [1.807, 2.05) is 23.9 Å². The van der Waals surface area contributed by atoms with Crippen molar-refractivity contribution in [1.82, 2.24) is 9.78 Å². The summed E-state index contributed by atoms with van der Waals surface area (Å²) in [4.78, 5) is 0. The number of benzene rings is 1. The summed E-state index contributed by atoms with van der Waals surface area (Å²) in [5.41, 5.74) is 9.10. The van der Waals surface area contributed by atoms with Crippen LogP contribution in [0.4, 0.5) is 11.5 Å². The predicted molar refractivity (Wildman–Crippen MR) is 87.9 cm³/mol. The number of nitrogens with zero attached hydrogens (tertiary/aromatic N) is 2. The molecule has 0 amide bonds. The monoisotopic (exact) mass is 336 g/mol. The van der Waals surface area contributed by atoms with Gasteiger partial charge in [-0.1, -0.05) is 41.9 Å². The summed E-state index contributed by atoms with van der Waals surface area (Å²) in [5, 5.41) is 7.94. The maximum atomic E-state index is 6.20. The third-order valence-corrected chi connectivity index (χ3v) is 3.91. The summed E-state index contributed by atoms with van der Waals surface area (Å²) < 4.78 is 2.90. The van der Waals surface area contributed by atoms with E-state index in [2.05, 4.69) is 59.2 Å². The number of hydrogen-bond acceptors (Lipinski definition) is 3. The standard InChI is InChI=1S/C15H21BrN4/c1-9(2)14-13(17)15(20(4)19-14)18-10(3)11-5-7-12(16)8-6-11/h5-10,18H,17H2,1-4H3. The number of nitrogen functional groups attached to an aromatic ring is 1. The zero-order chi connectivity index (χ0) is 14.9. The Morgan fingerprint density at radius 1 is 1.20 bits per heavy atom. The van der Waals surface area contributed by atoms with Crippen molar-refractivity contribution in [3.8, 4) is 0 Å². The van der Waals surface area contributed by atoms with Gasteiger partial charge in [0.2, 0.25) is 0 Å². The molecule has 1 unspecified atom stereocenters. The molecule has 108 valence electrons. The van der Waals surface area contributed by atoms with Crippen LogP contribution in [-0.4, -0.2) is 9.78 Å².